The van der Waals surface area contributed by atoms with Crippen LogP contribution in [-0.2, 0) is 0 Å². The third-order valence-electron chi connectivity index (χ3n) is 1.93. The molecular formula is C9H6ClFO2. The molecule has 1 aromatic carbocycles. The number of halogens is 2. The van der Waals surface area contributed by atoms with Crippen LogP contribution in [0.25, 0.3) is 0 Å². The minimum absolute atomic E-state index is 0.0104. The number of hydrogen-bond donors (Lipinski definition) is 0. The normalized spacial score (nSPS) is 15.1. The maximum Gasteiger partial charge on any atom is 0.184 e. The molecule has 0 spiro atoms. The Morgan fingerprint density at radius 2 is 2.23 bits per heavy atom. The van der Waals surface area contributed by atoms with Crippen LogP contribution in [0.2, 0.25) is 5.02 Å². The Hall–Kier alpha value is -1.09. The lowest BCUT2D eigenvalue weighted by Gasteiger charge is -2.16. The summed E-state index contributed by atoms with van der Waals surface area (Å²) in [6.07, 6.45) is 0.300. The highest BCUT2D eigenvalue weighted by atomic mass is 35.5. The van der Waals surface area contributed by atoms with Crippen molar-refractivity contribution in [3.05, 3.63) is 28.5 Å². The summed E-state index contributed by atoms with van der Waals surface area (Å²) in [5, 5.41) is -0.0200. The Labute approximate surface area is 79.3 Å². The van der Waals surface area contributed by atoms with Crippen molar-refractivity contribution in [1.82, 2.24) is 0 Å². The van der Waals surface area contributed by atoms with Crippen molar-refractivity contribution in [2.24, 2.45) is 0 Å². The molecule has 68 valence electrons. The fraction of sp³-hybridized carbons (Fsp3) is 0.222. The molecule has 1 aliphatic heterocycles. The summed E-state index contributed by atoms with van der Waals surface area (Å²) in [6.45, 7) is 0.225. The number of fused-ring (bicyclic) bond motifs is 1. The maximum atomic E-state index is 13.2. The Kier molecular flexibility index (Phi) is 1.96. The first-order valence-corrected chi connectivity index (χ1v) is 4.22. The minimum Gasteiger partial charge on any atom is -0.489 e. The Morgan fingerprint density at radius 3 is 3.00 bits per heavy atom. The third-order valence-corrected chi connectivity index (χ3v) is 2.22. The first-order chi connectivity index (χ1) is 6.20. The van der Waals surface area contributed by atoms with Gasteiger partial charge in [-0.1, -0.05) is 11.6 Å². The molecule has 0 saturated carbocycles. The van der Waals surface area contributed by atoms with E-state index < -0.39 is 5.82 Å². The van der Waals surface area contributed by atoms with E-state index in [9.17, 15) is 9.18 Å². The topological polar surface area (TPSA) is 26.3 Å². The van der Waals surface area contributed by atoms with Gasteiger partial charge < -0.3 is 4.74 Å². The Balaban J connectivity index is 2.63. The molecule has 1 aliphatic rings. The van der Waals surface area contributed by atoms with Crippen molar-refractivity contribution in [3.63, 3.8) is 0 Å². The van der Waals surface area contributed by atoms with Gasteiger partial charge in [0.1, 0.15) is 0 Å². The van der Waals surface area contributed by atoms with Crippen LogP contribution in [0.5, 0.6) is 5.75 Å². The van der Waals surface area contributed by atoms with Gasteiger partial charge in [0.15, 0.2) is 17.3 Å². The van der Waals surface area contributed by atoms with Gasteiger partial charge in [0.25, 0.3) is 0 Å². The number of carbonyl (C=O) groups is 1. The molecule has 0 amide bonds. The second kappa shape index (κ2) is 3.00. The molecule has 0 unspecified atom stereocenters. The number of benzene rings is 1. The van der Waals surface area contributed by atoms with Crippen molar-refractivity contribution in [2.45, 2.75) is 6.42 Å². The van der Waals surface area contributed by atoms with E-state index in [-0.39, 0.29) is 28.7 Å². The smallest absolute Gasteiger partial charge is 0.184 e. The molecule has 2 rings (SSSR count). The van der Waals surface area contributed by atoms with Gasteiger partial charge in [-0.15, -0.1) is 0 Å². The zero-order chi connectivity index (χ0) is 9.42. The summed E-state index contributed by atoms with van der Waals surface area (Å²) in [4.78, 5) is 11.3. The Bertz CT molecular complexity index is 376. The van der Waals surface area contributed by atoms with Crippen LogP contribution in [-0.4, -0.2) is 12.4 Å². The summed E-state index contributed by atoms with van der Waals surface area (Å²) >= 11 is 5.53. The van der Waals surface area contributed by atoms with Gasteiger partial charge in [-0.2, -0.15) is 0 Å². The molecule has 4 heteroatoms. The van der Waals surface area contributed by atoms with Crippen LogP contribution in [0, 0.1) is 5.82 Å². The summed E-state index contributed by atoms with van der Waals surface area (Å²) in [5.74, 6) is -0.757. The fourth-order valence-corrected chi connectivity index (χ4v) is 1.42. The highest BCUT2D eigenvalue weighted by molar-refractivity contribution is 6.31. The Morgan fingerprint density at radius 1 is 1.46 bits per heavy atom. The van der Waals surface area contributed by atoms with E-state index in [2.05, 4.69) is 0 Å². The lowest BCUT2D eigenvalue weighted by atomic mass is 10.1. The number of ether oxygens (including phenoxy) is 1. The monoisotopic (exact) mass is 200 g/mol. The van der Waals surface area contributed by atoms with E-state index in [1.165, 1.54) is 12.1 Å². The van der Waals surface area contributed by atoms with Gasteiger partial charge in [-0.3, -0.25) is 4.79 Å². The lowest BCUT2D eigenvalue weighted by Crippen LogP contribution is -2.16. The number of ketones is 1. The molecule has 0 atom stereocenters. The van der Waals surface area contributed by atoms with E-state index in [0.29, 0.717) is 6.42 Å². The van der Waals surface area contributed by atoms with E-state index in [1.807, 2.05) is 0 Å². The quantitative estimate of drug-likeness (QED) is 0.643. The van der Waals surface area contributed by atoms with Gasteiger partial charge in [0.05, 0.1) is 17.2 Å². The summed E-state index contributed by atoms with van der Waals surface area (Å²) < 4.78 is 18.3. The van der Waals surface area contributed by atoms with Crippen molar-refractivity contribution >= 4 is 17.4 Å². The predicted molar refractivity (Wildman–Crippen MR) is 45.9 cm³/mol. The average Bonchev–Trinajstić information content (AvgIpc) is 2.12. The molecule has 0 N–H and O–H groups in total. The summed E-state index contributed by atoms with van der Waals surface area (Å²) in [7, 11) is 0. The second-order valence-corrected chi connectivity index (χ2v) is 3.17. The fourth-order valence-electron chi connectivity index (χ4n) is 1.27. The largest absolute Gasteiger partial charge is 0.489 e. The van der Waals surface area contributed by atoms with E-state index >= 15 is 0 Å². The maximum absolute atomic E-state index is 13.2. The van der Waals surface area contributed by atoms with Crippen LogP contribution in [0.4, 0.5) is 4.39 Å². The van der Waals surface area contributed by atoms with Gasteiger partial charge >= 0.3 is 0 Å². The minimum atomic E-state index is -0.646. The lowest BCUT2D eigenvalue weighted by molar-refractivity contribution is 0.0929. The van der Waals surface area contributed by atoms with Crippen LogP contribution in [0.1, 0.15) is 16.8 Å². The van der Waals surface area contributed by atoms with Crippen molar-refractivity contribution < 1.29 is 13.9 Å². The van der Waals surface area contributed by atoms with Gasteiger partial charge in [0, 0.05) is 6.42 Å². The highest BCUT2D eigenvalue weighted by Gasteiger charge is 2.22. The second-order valence-electron chi connectivity index (χ2n) is 2.76. The standard InChI is InChI=1S/C9H6ClFO2/c10-6-2-1-5-7(12)3-4-13-9(5)8(6)11/h1-2H,3-4H2. The molecule has 0 aromatic heterocycles. The highest BCUT2D eigenvalue weighted by Crippen LogP contribution is 2.32. The average molecular weight is 201 g/mol. The van der Waals surface area contributed by atoms with Crippen molar-refractivity contribution in [1.29, 1.82) is 0 Å². The van der Waals surface area contributed by atoms with Gasteiger partial charge in [-0.25, -0.2) is 4.39 Å². The molecule has 1 heterocycles. The molecule has 13 heavy (non-hydrogen) atoms. The first kappa shape index (κ1) is 8.51. The van der Waals surface area contributed by atoms with E-state index in [4.69, 9.17) is 16.3 Å². The third kappa shape index (κ3) is 1.29. The molecule has 1 aromatic rings. The zero-order valence-electron chi connectivity index (χ0n) is 6.64. The zero-order valence-corrected chi connectivity index (χ0v) is 7.40. The van der Waals surface area contributed by atoms with Crippen LogP contribution >= 0.6 is 11.6 Å². The molecule has 0 bridgehead atoms. The van der Waals surface area contributed by atoms with Gasteiger partial charge in [-0.05, 0) is 12.1 Å². The summed E-state index contributed by atoms with van der Waals surface area (Å²) in [6, 6.07) is 2.85. The molecule has 2 nitrogen and oxygen atoms in total. The predicted octanol–water partition coefficient (Wildman–Crippen LogP) is 2.44. The van der Waals surface area contributed by atoms with E-state index in [1.54, 1.807) is 0 Å². The van der Waals surface area contributed by atoms with Gasteiger partial charge in [0.2, 0.25) is 0 Å². The van der Waals surface area contributed by atoms with Crippen LogP contribution in [0.15, 0.2) is 12.1 Å². The molecule has 0 radical (unpaired) electrons. The summed E-state index contributed by atoms with van der Waals surface area (Å²) in [5.41, 5.74) is 0.285. The number of Topliss-reactive ketones (excluding diaryl/α,β-unsaturated/α-hetero) is 1. The number of rotatable bonds is 0. The van der Waals surface area contributed by atoms with Crippen molar-refractivity contribution in [2.75, 3.05) is 6.61 Å². The first-order valence-electron chi connectivity index (χ1n) is 3.84. The SMILES string of the molecule is O=C1CCOc2c1ccc(Cl)c2F. The molecule has 0 fully saturated rings. The van der Waals surface area contributed by atoms with Crippen molar-refractivity contribution in [3.8, 4) is 5.75 Å². The molecule has 0 aliphatic carbocycles. The van der Waals surface area contributed by atoms with Crippen LogP contribution < -0.4 is 4.74 Å². The molecule has 0 saturated heterocycles. The number of carbonyl (C=O) groups excluding carboxylic acids is 1. The molecular weight excluding hydrogens is 195 g/mol. The van der Waals surface area contributed by atoms with E-state index in [0.717, 1.165) is 0 Å². The van der Waals surface area contributed by atoms with Crippen LogP contribution in [0.3, 0.4) is 0 Å². The number of hydrogen-bond acceptors (Lipinski definition) is 2.